The molecular weight excluding hydrogens is 579 g/mol. The largest absolute Gasteiger partial charge is 0.573 e. The van der Waals surface area contributed by atoms with Crippen molar-refractivity contribution in [1.82, 2.24) is 0 Å². The molecule has 0 radical (unpaired) electrons. The van der Waals surface area contributed by atoms with Gasteiger partial charge >= 0.3 is 6.36 Å². The van der Waals surface area contributed by atoms with Crippen LogP contribution in [0.3, 0.4) is 0 Å². The summed E-state index contributed by atoms with van der Waals surface area (Å²) in [6.45, 7) is 0.384. The normalized spacial score (nSPS) is 14.0. The number of carbonyl (C=O) groups excluding carboxylic acids is 2. The van der Waals surface area contributed by atoms with Gasteiger partial charge < -0.3 is 14.8 Å². The van der Waals surface area contributed by atoms with Gasteiger partial charge in [-0.15, -0.1) is 13.2 Å². The molecule has 0 aromatic heterocycles. The molecule has 0 atom stereocenters. The molecule has 5 rings (SSSR count). The second kappa shape index (κ2) is 13.3. The van der Waals surface area contributed by atoms with Gasteiger partial charge in [-0.2, -0.15) is 0 Å². The van der Waals surface area contributed by atoms with Gasteiger partial charge in [0.1, 0.15) is 18.1 Å². The number of nitrogens with zero attached hydrogens (tertiary/aromatic N) is 2. The number of amidine groups is 1. The molecule has 1 aliphatic rings. The van der Waals surface area contributed by atoms with Crippen LogP contribution in [0, 0.1) is 0 Å². The van der Waals surface area contributed by atoms with Crippen molar-refractivity contribution in [2.75, 3.05) is 16.0 Å². The summed E-state index contributed by atoms with van der Waals surface area (Å²) >= 11 is 0.975. The van der Waals surface area contributed by atoms with Gasteiger partial charge in [-0.25, -0.2) is 4.99 Å². The topological polar surface area (TPSA) is 80.2 Å². The number of aliphatic imine (C=N–C) groups is 1. The van der Waals surface area contributed by atoms with Crippen molar-refractivity contribution in [3.05, 3.63) is 126 Å². The number of ether oxygens (including phenoxy) is 2. The first-order valence-electron chi connectivity index (χ1n) is 13.0. The number of thioether (sulfide) groups is 1. The van der Waals surface area contributed by atoms with Crippen LogP contribution in [0.25, 0.3) is 6.08 Å². The molecular formula is C32H24F3N3O4S. The maximum absolute atomic E-state index is 13.5. The first-order chi connectivity index (χ1) is 20.7. The van der Waals surface area contributed by atoms with Gasteiger partial charge in [-0.05, 0) is 53.6 Å². The van der Waals surface area contributed by atoms with E-state index in [1.807, 2.05) is 48.5 Å². The number of nitrogens with one attached hydrogen (secondary N) is 1. The van der Waals surface area contributed by atoms with Crippen LogP contribution in [0.1, 0.15) is 11.1 Å². The number of amides is 2. The summed E-state index contributed by atoms with van der Waals surface area (Å²) in [7, 11) is 0. The molecule has 7 nitrogen and oxygen atoms in total. The van der Waals surface area contributed by atoms with E-state index < -0.39 is 23.9 Å². The maximum atomic E-state index is 13.5. The molecule has 43 heavy (non-hydrogen) atoms. The van der Waals surface area contributed by atoms with Crippen LogP contribution in [0.5, 0.6) is 11.5 Å². The zero-order valence-electron chi connectivity index (χ0n) is 22.5. The lowest BCUT2D eigenvalue weighted by Crippen LogP contribution is -2.31. The molecule has 0 unspecified atom stereocenters. The Labute approximate surface area is 249 Å². The lowest BCUT2D eigenvalue weighted by molar-refractivity contribution is -0.274. The SMILES string of the molecule is O=C(CSC1=N/C(=C/c2cccc(OCc3ccccc3)c2)C(=O)N1c1ccccc1)Nc1ccccc1OC(F)(F)F. The molecule has 0 spiro atoms. The Kier molecular flexibility index (Phi) is 9.11. The third-order valence-corrected chi connectivity index (χ3v) is 6.91. The predicted molar refractivity (Wildman–Crippen MR) is 161 cm³/mol. The number of rotatable bonds is 9. The molecule has 1 N–H and O–H groups in total. The average Bonchev–Trinajstić information content (AvgIpc) is 3.30. The van der Waals surface area contributed by atoms with Crippen LogP contribution in [0.4, 0.5) is 24.5 Å². The summed E-state index contributed by atoms with van der Waals surface area (Å²) in [6, 6.07) is 31.0. The highest BCUT2D eigenvalue weighted by atomic mass is 32.2. The van der Waals surface area contributed by atoms with Crippen LogP contribution in [-0.4, -0.2) is 29.1 Å². The number of para-hydroxylation sites is 3. The quantitative estimate of drug-likeness (QED) is 0.204. The molecule has 2 amide bonds. The van der Waals surface area contributed by atoms with Crippen molar-refractivity contribution in [2.45, 2.75) is 13.0 Å². The van der Waals surface area contributed by atoms with Crippen LogP contribution < -0.4 is 19.7 Å². The fourth-order valence-corrected chi connectivity index (χ4v) is 4.90. The number of alkyl halides is 3. The summed E-state index contributed by atoms with van der Waals surface area (Å²) in [5.74, 6) is -1.14. The predicted octanol–water partition coefficient (Wildman–Crippen LogP) is 7.28. The van der Waals surface area contributed by atoms with Gasteiger partial charge in [-0.3, -0.25) is 14.5 Å². The molecule has 218 valence electrons. The number of anilines is 2. The van der Waals surface area contributed by atoms with Crippen molar-refractivity contribution in [3.8, 4) is 11.5 Å². The minimum atomic E-state index is -4.92. The van der Waals surface area contributed by atoms with E-state index in [0.29, 0.717) is 23.6 Å². The van der Waals surface area contributed by atoms with Gasteiger partial charge in [-0.1, -0.05) is 84.6 Å². The monoisotopic (exact) mass is 603 g/mol. The summed E-state index contributed by atoms with van der Waals surface area (Å²) in [5.41, 5.74) is 2.27. The smallest absolute Gasteiger partial charge is 0.489 e. The van der Waals surface area contributed by atoms with Crippen molar-refractivity contribution in [1.29, 1.82) is 0 Å². The minimum Gasteiger partial charge on any atom is -0.489 e. The standard InChI is InChI=1S/C32H24F3N3O4S/c33-32(34,35)42-28-17-8-7-16-26(28)36-29(39)21-43-31-37-27(30(40)38(31)24-13-5-2-6-14-24)19-23-12-9-15-25(18-23)41-20-22-10-3-1-4-11-22/h1-19H,20-21H2,(H,36,39)/b27-19+. The summed E-state index contributed by atoms with van der Waals surface area (Å²) < 4.78 is 48.2. The van der Waals surface area contributed by atoms with Crippen molar-refractivity contribution in [2.24, 2.45) is 4.99 Å². The maximum Gasteiger partial charge on any atom is 0.573 e. The Morgan fingerprint density at radius 1 is 0.907 bits per heavy atom. The molecule has 1 aliphatic heterocycles. The Morgan fingerprint density at radius 3 is 2.35 bits per heavy atom. The van der Waals surface area contributed by atoms with Crippen molar-refractivity contribution < 1.29 is 32.2 Å². The van der Waals surface area contributed by atoms with Crippen LogP contribution >= 0.6 is 11.8 Å². The number of carbonyl (C=O) groups is 2. The van der Waals surface area contributed by atoms with Gasteiger partial charge in [0.05, 0.1) is 17.1 Å². The Morgan fingerprint density at radius 2 is 1.60 bits per heavy atom. The zero-order chi connectivity index (χ0) is 30.2. The van der Waals surface area contributed by atoms with Crippen molar-refractivity contribution in [3.63, 3.8) is 0 Å². The number of benzene rings is 4. The van der Waals surface area contributed by atoms with Gasteiger partial charge in [0, 0.05) is 0 Å². The zero-order valence-corrected chi connectivity index (χ0v) is 23.3. The molecule has 4 aromatic carbocycles. The molecule has 0 saturated carbocycles. The molecule has 0 fully saturated rings. The highest BCUT2D eigenvalue weighted by Gasteiger charge is 2.33. The Balaban J connectivity index is 1.33. The molecule has 0 bridgehead atoms. The second-order valence-electron chi connectivity index (χ2n) is 9.13. The van der Waals surface area contributed by atoms with E-state index in [9.17, 15) is 22.8 Å². The van der Waals surface area contributed by atoms with Gasteiger partial charge in [0.25, 0.3) is 5.91 Å². The summed E-state index contributed by atoms with van der Waals surface area (Å²) in [4.78, 5) is 32.1. The van der Waals surface area contributed by atoms with E-state index in [1.54, 1.807) is 42.5 Å². The van der Waals surface area contributed by atoms with E-state index >= 15 is 0 Å². The second-order valence-corrected chi connectivity index (χ2v) is 10.1. The third kappa shape index (κ3) is 8.04. The fraction of sp³-hybridized carbons (Fsp3) is 0.0938. The van der Waals surface area contributed by atoms with Gasteiger partial charge in [0.2, 0.25) is 5.91 Å². The highest BCUT2D eigenvalue weighted by molar-refractivity contribution is 8.14. The van der Waals surface area contributed by atoms with E-state index in [4.69, 9.17) is 4.74 Å². The van der Waals surface area contributed by atoms with Crippen LogP contribution in [0.15, 0.2) is 120 Å². The number of hydrogen-bond donors (Lipinski definition) is 1. The minimum absolute atomic E-state index is 0.135. The average molecular weight is 604 g/mol. The Bertz CT molecular complexity index is 1660. The summed E-state index contributed by atoms with van der Waals surface area (Å²) in [5, 5.41) is 2.68. The molecule has 0 saturated heterocycles. The van der Waals surface area contributed by atoms with E-state index in [2.05, 4.69) is 15.0 Å². The molecule has 11 heteroatoms. The molecule has 0 aliphatic carbocycles. The lowest BCUT2D eigenvalue weighted by Gasteiger charge is -2.18. The molecule has 1 heterocycles. The lowest BCUT2D eigenvalue weighted by atomic mass is 10.1. The van der Waals surface area contributed by atoms with Gasteiger partial charge in [0.15, 0.2) is 10.9 Å². The van der Waals surface area contributed by atoms with E-state index in [-0.39, 0.29) is 22.3 Å². The van der Waals surface area contributed by atoms with Crippen LogP contribution in [-0.2, 0) is 16.2 Å². The number of hydrogen-bond acceptors (Lipinski definition) is 6. The highest BCUT2D eigenvalue weighted by Crippen LogP contribution is 2.32. The molecule has 4 aromatic rings. The van der Waals surface area contributed by atoms with E-state index in [1.165, 1.54) is 23.1 Å². The van der Waals surface area contributed by atoms with Crippen LogP contribution in [0.2, 0.25) is 0 Å². The summed E-state index contributed by atoms with van der Waals surface area (Å²) in [6.07, 6.45) is -3.28. The first-order valence-corrected chi connectivity index (χ1v) is 14.0. The Hall–Kier alpha value is -5.03. The fourth-order valence-electron chi connectivity index (χ4n) is 4.09. The third-order valence-electron chi connectivity index (χ3n) is 5.97. The number of halogens is 3. The van der Waals surface area contributed by atoms with E-state index in [0.717, 1.165) is 23.4 Å². The first kappa shape index (κ1) is 29.5. The van der Waals surface area contributed by atoms with Crippen molar-refractivity contribution >= 4 is 46.2 Å².